The van der Waals surface area contributed by atoms with Gasteiger partial charge in [-0.05, 0) is 41.5 Å². The van der Waals surface area contributed by atoms with Crippen molar-refractivity contribution in [1.82, 2.24) is 0 Å². The van der Waals surface area contributed by atoms with Crippen molar-refractivity contribution in [3.63, 3.8) is 0 Å². The molecule has 0 bridgehead atoms. The van der Waals surface area contributed by atoms with Gasteiger partial charge in [0.05, 0.1) is 11.6 Å². The van der Waals surface area contributed by atoms with Crippen molar-refractivity contribution in [2.75, 3.05) is 0 Å². The average Bonchev–Trinajstić information content (AvgIpc) is 2.37. The van der Waals surface area contributed by atoms with Crippen molar-refractivity contribution >= 4 is 11.6 Å². The maximum atomic E-state index is 13.3. The van der Waals surface area contributed by atoms with E-state index in [0.29, 0.717) is 16.7 Å². The Morgan fingerprint density at radius 2 is 1.55 bits per heavy atom. The van der Waals surface area contributed by atoms with E-state index in [0.717, 1.165) is 12.1 Å². The molecule has 0 spiro atoms. The van der Waals surface area contributed by atoms with Crippen LogP contribution in [0.5, 0.6) is 0 Å². The molecule has 0 saturated heterocycles. The fraction of sp³-hybridized carbons (Fsp3) is 0.143. The molecule has 6 heteroatoms. The lowest BCUT2D eigenvalue weighted by atomic mass is 9.97. The lowest BCUT2D eigenvalue weighted by molar-refractivity contribution is -0.137. The van der Waals surface area contributed by atoms with Gasteiger partial charge in [-0.1, -0.05) is 23.7 Å². The van der Waals surface area contributed by atoms with Crippen molar-refractivity contribution in [2.24, 2.45) is 5.73 Å². The molecule has 0 aliphatic heterocycles. The lowest BCUT2D eigenvalue weighted by Gasteiger charge is -2.15. The molecule has 0 aromatic heterocycles. The van der Waals surface area contributed by atoms with Crippen molar-refractivity contribution < 1.29 is 17.6 Å². The summed E-state index contributed by atoms with van der Waals surface area (Å²) in [6.45, 7) is 0. The third-order valence-corrected chi connectivity index (χ3v) is 3.09. The minimum atomic E-state index is -4.61. The molecule has 2 aromatic carbocycles. The van der Waals surface area contributed by atoms with Crippen LogP contribution in [0.1, 0.15) is 22.7 Å². The predicted octanol–water partition coefficient (Wildman–Crippen LogP) is 4.55. The zero-order chi connectivity index (χ0) is 14.9. The van der Waals surface area contributed by atoms with Gasteiger partial charge in [-0.25, -0.2) is 4.39 Å². The number of hydrogen-bond acceptors (Lipinski definition) is 1. The normalized spacial score (nSPS) is 13.3. The zero-order valence-electron chi connectivity index (χ0n) is 10.1. The summed E-state index contributed by atoms with van der Waals surface area (Å²) >= 11 is 5.72. The number of rotatable bonds is 2. The smallest absolute Gasteiger partial charge is 0.320 e. The van der Waals surface area contributed by atoms with Gasteiger partial charge in [0.25, 0.3) is 0 Å². The van der Waals surface area contributed by atoms with E-state index >= 15 is 0 Å². The van der Waals surface area contributed by atoms with Crippen LogP contribution in [0.4, 0.5) is 17.6 Å². The SMILES string of the molecule is N[C@@H](c1ccc(Cl)cc1)c1cc(F)cc(C(F)(F)F)c1. The predicted molar refractivity (Wildman–Crippen MR) is 68.9 cm³/mol. The Morgan fingerprint density at radius 1 is 0.950 bits per heavy atom. The molecule has 2 rings (SSSR count). The number of alkyl halides is 3. The molecular weight excluding hydrogens is 294 g/mol. The Balaban J connectivity index is 2.42. The molecule has 0 aliphatic rings. The summed E-state index contributed by atoms with van der Waals surface area (Å²) < 4.78 is 51.2. The summed E-state index contributed by atoms with van der Waals surface area (Å²) in [6.07, 6.45) is -4.61. The first-order valence-electron chi connectivity index (χ1n) is 5.66. The van der Waals surface area contributed by atoms with E-state index in [1.54, 1.807) is 24.3 Å². The van der Waals surface area contributed by atoms with E-state index in [1.165, 1.54) is 0 Å². The van der Waals surface area contributed by atoms with Crippen LogP contribution in [0.2, 0.25) is 5.02 Å². The van der Waals surface area contributed by atoms with Gasteiger partial charge < -0.3 is 5.73 Å². The third-order valence-electron chi connectivity index (χ3n) is 2.84. The van der Waals surface area contributed by atoms with E-state index in [4.69, 9.17) is 17.3 Å². The molecule has 0 saturated carbocycles. The molecule has 1 atom stereocenters. The highest BCUT2D eigenvalue weighted by Crippen LogP contribution is 2.32. The van der Waals surface area contributed by atoms with Gasteiger partial charge >= 0.3 is 6.18 Å². The number of halogens is 5. The molecule has 0 unspecified atom stereocenters. The molecule has 1 nitrogen and oxygen atoms in total. The maximum absolute atomic E-state index is 13.3. The lowest BCUT2D eigenvalue weighted by Crippen LogP contribution is -2.14. The van der Waals surface area contributed by atoms with E-state index < -0.39 is 23.6 Å². The van der Waals surface area contributed by atoms with Crippen LogP contribution < -0.4 is 5.73 Å². The van der Waals surface area contributed by atoms with Crippen LogP contribution in [0, 0.1) is 5.82 Å². The van der Waals surface area contributed by atoms with Crippen LogP contribution in [-0.2, 0) is 6.18 Å². The van der Waals surface area contributed by atoms with Crippen molar-refractivity contribution in [3.8, 4) is 0 Å². The molecule has 0 fully saturated rings. The monoisotopic (exact) mass is 303 g/mol. The molecule has 20 heavy (non-hydrogen) atoms. The Bertz CT molecular complexity index is 608. The van der Waals surface area contributed by atoms with E-state index in [-0.39, 0.29) is 5.56 Å². The van der Waals surface area contributed by atoms with E-state index in [9.17, 15) is 17.6 Å². The number of hydrogen-bond donors (Lipinski definition) is 1. The molecule has 2 N–H and O–H groups in total. The molecule has 0 radical (unpaired) electrons. The van der Waals surface area contributed by atoms with Crippen LogP contribution in [0.3, 0.4) is 0 Å². The quantitative estimate of drug-likeness (QED) is 0.810. The Labute approximate surface area is 118 Å². The zero-order valence-corrected chi connectivity index (χ0v) is 10.8. The first-order valence-corrected chi connectivity index (χ1v) is 6.04. The Hall–Kier alpha value is -1.59. The minimum Gasteiger partial charge on any atom is -0.320 e. The molecule has 2 aromatic rings. The second-order valence-corrected chi connectivity index (χ2v) is 4.74. The summed E-state index contributed by atoms with van der Waals surface area (Å²) in [5.41, 5.74) is 5.42. The number of benzene rings is 2. The summed E-state index contributed by atoms with van der Waals surface area (Å²) in [5, 5.41) is 0.483. The van der Waals surface area contributed by atoms with Crippen LogP contribution in [0.25, 0.3) is 0 Å². The van der Waals surface area contributed by atoms with Gasteiger partial charge in [0.15, 0.2) is 0 Å². The summed E-state index contributed by atoms with van der Waals surface area (Å²) in [5.74, 6) is -0.973. The first-order chi connectivity index (χ1) is 9.27. The Kier molecular flexibility index (Phi) is 4.01. The Morgan fingerprint density at radius 3 is 2.10 bits per heavy atom. The van der Waals surface area contributed by atoms with E-state index in [1.807, 2.05) is 0 Å². The van der Waals surface area contributed by atoms with Gasteiger partial charge in [-0.15, -0.1) is 0 Å². The minimum absolute atomic E-state index is 0.0552. The van der Waals surface area contributed by atoms with Gasteiger partial charge in [-0.3, -0.25) is 0 Å². The fourth-order valence-electron chi connectivity index (χ4n) is 1.82. The van der Waals surface area contributed by atoms with Crippen molar-refractivity contribution in [1.29, 1.82) is 0 Å². The van der Waals surface area contributed by atoms with E-state index in [2.05, 4.69) is 0 Å². The summed E-state index contributed by atoms with van der Waals surface area (Å²) in [6, 6.07) is 7.75. The summed E-state index contributed by atoms with van der Waals surface area (Å²) in [7, 11) is 0. The molecule has 0 aliphatic carbocycles. The third kappa shape index (κ3) is 3.29. The molecule has 0 amide bonds. The average molecular weight is 304 g/mol. The molecule has 0 heterocycles. The fourth-order valence-corrected chi connectivity index (χ4v) is 1.94. The largest absolute Gasteiger partial charge is 0.416 e. The van der Waals surface area contributed by atoms with Crippen LogP contribution in [-0.4, -0.2) is 0 Å². The van der Waals surface area contributed by atoms with Crippen LogP contribution >= 0.6 is 11.6 Å². The highest BCUT2D eigenvalue weighted by molar-refractivity contribution is 6.30. The van der Waals surface area contributed by atoms with Gasteiger partial charge in [0.2, 0.25) is 0 Å². The topological polar surface area (TPSA) is 26.0 Å². The second-order valence-electron chi connectivity index (χ2n) is 4.30. The highest BCUT2D eigenvalue weighted by Gasteiger charge is 2.31. The standard InChI is InChI=1S/C14H10ClF4N/c15-11-3-1-8(2-4-11)13(20)9-5-10(14(17,18)19)7-12(16)6-9/h1-7,13H,20H2/t13-/m0/s1. The molecular formula is C14H10ClF4N. The molecule has 106 valence electrons. The first kappa shape index (κ1) is 14.8. The van der Waals surface area contributed by atoms with Gasteiger partial charge in [0, 0.05) is 5.02 Å². The van der Waals surface area contributed by atoms with Crippen molar-refractivity contribution in [3.05, 3.63) is 70.0 Å². The summed E-state index contributed by atoms with van der Waals surface area (Å²) in [4.78, 5) is 0. The van der Waals surface area contributed by atoms with Crippen LogP contribution in [0.15, 0.2) is 42.5 Å². The highest BCUT2D eigenvalue weighted by atomic mass is 35.5. The van der Waals surface area contributed by atoms with Crippen molar-refractivity contribution in [2.45, 2.75) is 12.2 Å². The van der Waals surface area contributed by atoms with Gasteiger partial charge in [-0.2, -0.15) is 13.2 Å². The maximum Gasteiger partial charge on any atom is 0.416 e. The van der Waals surface area contributed by atoms with Gasteiger partial charge in [0.1, 0.15) is 5.82 Å². The second kappa shape index (κ2) is 5.42. The number of nitrogens with two attached hydrogens (primary N) is 1.